The molecule has 8 nitrogen and oxygen atoms in total. The zero-order valence-electron chi connectivity index (χ0n) is 19.9. The highest BCUT2D eigenvalue weighted by Gasteiger charge is 2.28. The Hall–Kier alpha value is -4.26. The molecule has 0 aliphatic heterocycles. The number of carbonyl (C=O) groups excluding carboxylic acids is 1. The van der Waals surface area contributed by atoms with Crippen LogP contribution in [0.15, 0.2) is 60.2 Å². The average molecular weight is 544 g/mol. The molecule has 5 aromatic rings. The van der Waals surface area contributed by atoms with Crippen LogP contribution in [0, 0.1) is 5.82 Å². The van der Waals surface area contributed by atoms with Crippen molar-refractivity contribution in [2.75, 3.05) is 5.73 Å². The van der Waals surface area contributed by atoms with Gasteiger partial charge in [0.2, 0.25) is 5.95 Å². The third-order valence-electron chi connectivity index (χ3n) is 5.87. The predicted octanol–water partition coefficient (Wildman–Crippen LogP) is 5.49. The van der Waals surface area contributed by atoms with E-state index in [1.54, 1.807) is 35.7 Å². The van der Waals surface area contributed by atoms with E-state index < -0.39 is 12.7 Å². The summed E-state index contributed by atoms with van der Waals surface area (Å²) in [5.41, 5.74) is 9.19. The number of anilines is 1. The van der Waals surface area contributed by atoms with Crippen molar-refractivity contribution >= 4 is 28.8 Å². The Morgan fingerprint density at radius 2 is 1.89 bits per heavy atom. The number of hydrogen-bond acceptors (Lipinski definition) is 6. The molecule has 3 N–H and O–H groups in total. The number of benzene rings is 1. The molecule has 196 valence electrons. The second-order valence-electron chi connectivity index (χ2n) is 8.60. The lowest BCUT2D eigenvalue weighted by molar-refractivity contribution is -0.142. The molecule has 4 heterocycles. The number of aromatic nitrogens is 5. The van der Waals surface area contributed by atoms with Crippen LogP contribution < -0.4 is 11.1 Å². The number of nitrogens with one attached hydrogen (secondary N) is 1. The number of nitrogens with two attached hydrogens (primary N) is 1. The summed E-state index contributed by atoms with van der Waals surface area (Å²) < 4.78 is 54.0. The fraction of sp³-hybridized carbons (Fsp3) is 0.200. The standard InChI is InChI=1S/C25H21F4N7OS/c1-2-19(14-3-5-18(26)6-4-14)32-23(37)21-8-16(12-38-21)15-7-20(36-22(9-15)33-24(30)34-36)17-10-31-35(11-17)13-25(27,28)29/h3-12,19H,2,13H2,1H3,(H2,30,34)(H,32,37)/t19-/m0/s1. The van der Waals surface area contributed by atoms with Gasteiger partial charge in [0.1, 0.15) is 12.4 Å². The molecule has 5 rings (SSSR count). The van der Waals surface area contributed by atoms with Crippen molar-refractivity contribution in [1.29, 1.82) is 0 Å². The summed E-state index contributed by atoms with van der Waals surface area (Å²) in [6.45, 7) is 0.695. The number of amides is 1. The molecule has 0 aliphatic carbocycles. The lowest BCUT2D eigenvalue weighted by Gasteiger charge is -2.17. The average Bonchev–Trinajstić information content (AvgIpc) is 3.60. The Morgan fingerprint density at radius 1 is 1.13 bits per heavy atom. The summed E-state index contributed by atoms with van der Waals surface area (Å²) in [7, 11) is 0. The van der Waals surface area contributed by atoms with Crippen LogP contribution in [-0.4, -0.2) is 36.5 Å². The van der Waals surface area contributed by atoms with E-state index in [0.717, 1.165) is 10.2 Å². The topological polar surface area (TPSA) is 103 Å². The number of thiophene rings is 1. The Kier molecular flexibility index (Phi) is 6.61. The van der Waals surface area contributed by atoms with E-state index in [0.29, 0.717) is 39.3 Å². The van der Waals surface area contributed by atoms with Gasteiger partial charge in [-0.2, -0.15) is 23.3 Å². The zero-order chi connectivity index (χ0) is 27.0. The van der Waals surface area contributed by atoms with Gasteiger partial charge in [-0.3, -0.25) is 9.48 Å². The van der Waals surface area contributed by atoms with Gasteiger partial charge < -0.3 is 11.1 Å². The highest BCUT2D eigenvalue weighted by molar-refractivity contribution is 7.12. The van der Waals surface area contributed by atoms with E-state index in [1.807, 2.05) is 6.92 Å². The Bertz CT molecular complexity index is 1600. The molecule has 0 bridgehead atoms. The molecule has 0 fully saturated rings. The van der Waals surface area contributed by atoms with E-state index in [1.165, 1.54) is 40.4 Å². The van der Waals surface area contributed by atoms with Crippen molar-refractivity contribution in [1.82, 2.24) is 29.7 Å². The van der Waals surface area contributed by atoms with E-state index in [9.17, 15) is 22.4 Å². The van der Waals surface area contributed by atoms with Crippen LogP contribution in [0.3, 0.4) is 0 Å². The van der Waals surface area contributed by atoms with Gasteiger partial charge in [0.25, 0.3) is 5.91 Å². The number of rotatable bonds is 7. The third-order valence-corrected chi connectivity index (χ3v) is 6.80. The maximum Gasteiger partial charge on any atom is 0.408 e. The monoisotopic (exact) mass is 543 g/mol. The summed E-state index contributed by atoms with van der Waals surface area (Å²) in [5, 5.41) is 12.8. The molecule has 0 aliphatic rings. The van der Waals surface area contributed by atoms with E-state index in [4.69, 9.17) is 5.73 Å². The Morgan fingerprint density at radius 3 is 2.61 bits per heavy atom. The summed E-state index contributed by atoms with van der Waals surface area (Å²) in [6, 6.07) is 10.9. The minimum atomic E-state index is -4.42. The minimum Gasteiger partial charge on any atom is -0.366 e. The van der Waals surface area contributed by atoms with Gasteiger partial charge in [-0.05, 0) is 58.8 Å². The van der Waals surface area contributed by atoms with Gasteiger partial charge >= 0.3 is 6.18 Å². The maximum absolute atomic E-state index is 13.3. The van der Waals surface area contributed by atoms with Gasteiger partial charge in [0, 0.05) is 11.8 Å². The molecular formula is C25H21F4N7OS. The van der Waals surface area contributed by atoms with Crippen LogP contribution in [-0.2, 0) is 6.54 Å². The number of alkyl halides is 3. The molecule has 1 atom stereocenters. The van der Waals surface area contributed by atoms with E-state index in [2.05, 4.69) is 20.5 Å². The summed E-state index contributed by atoms with van der Waals surface area (Å²) in [6.07, 6.45) is -1.21. The van der Waals surface area contributed by atoms with Gasteiger partial charge in [-0.1, -0.05) is 19.1 Å². The first-order valence-electron chi connectivity index (χ1n) is 11.5. The van der Waals surface area contributed by atoms with Gasteiger partial charge in [-0.15, -0.1) is 16.4 Å². The highest BCUT2D eigenvalue weighted by Crippen LogP contribution is 2.32. The second-order valence-corrected chi connectivity index (χ2v) is 9.51. The molecule has 4 aromatic heterocycles. The summed E-state index contributed by atoms with van der Waals surface area (Å²) in [5.74, 6) is -0.627. The second kappa shape index (κ2) is 9.89. The summed E-state index contributed by atoms with van der Waals surface area (Å²) >= 11 is 1.24. The Balaban J connectivity index is 1.44. The molecule has 1 aromatic carbocycles. The number of pyridine rings is 1. The first kappa shape index (κ1) is 25.4. The van der Waals surface area contributed by atoms with Gasteiger partial charge in [-0.25, -0.2) is 8.91 Å². The lowest BCUT2D eigenvalue weighted by Crippen LogP contribution is -2.27. The molecule has 0 unspecified atom stereocenters. The van der Waals surface area contributed by atoms with Crippen LogP contribution in [0.1, 0.15) is 34.6 Å². The van der Waals surface area contributed by atoms with Crippen molar-refractivity contribution < 1.29 is 22.4 Å². The largest absolute Gasteiger partial charge is 0.408 e. The Labute approximate surface area is 217 Å². The van der Waals surface area contributed by atoms with Crippen LogP contribution in [0.4, 0.5) is 23.5 Å². The number of hydrogen-bond donors (Lipinski definition) is 2. The SMILES string of the molecule is CC[C@H](NC(=O)c1cc(-c2cc(-c3cnn(CC(F)(F)F)c3)n3nc(N)nc3c2)cs1)c1ccc(F)cc1. The number of nitrogen functional groups attached to an aromatic ring is 1. The van der Waals surface area contributed by atoms with Crippen molar-refractivity contribution in [2.45, 2.75) is 32.1 Å². The number of nitrogens with zero attached hydrogens (tertiary/aromatic N) is 5. The minimum absolute atomic E-state index is 0.00266. The molecule has 0 spiro atoms. The molecule has 1 amide bonds. The summed E-state index contributed by atoms with van der Waals surface area (Å²) in [4.78, 5) is 17.7. The smallest absolute Gasteiger partial charge is 0.366 e. The first-order chi connectivity index (χ1) is 18.1. The van der Waals surface area contributed by atoms with Crippen molar-refractivity contribution in [2.24, 2.45) is 0 Å². The normalized spacial score (nSPS) is 12.7. The van der Waals surface area contributed by atoms with Crippen molar-refractivity contribution in [3.63, 3.8) is 0 Å². The first-order valence-corrected chi connectivity index (χ1v) is 12.4. The van der Waals surface area contributed by atoms with E-state index >= 15 is 0 Å². The fourth-order valence-corrected chi connectivity index (χ4v) is 4.91. The molecule has 38 heavy (non-hydrogen) atoms. The molecule has 0 saturated heterocycles. The molecule has 0 saturated carbocycles. The molecular weight excluding hydrogens is 522 g/mol. The van der Waals surface area contributed by atoms with Crippen molar-refractivity contribution in [3.8, 4) is 22.4 Å². The number of carbonyl (C=O) groups is 1. The zero-order valence-corrected chi connectivity index (χ0v) is 20.7. The van der Waals surface area contributed by atoms with Crippen LogP contribution in [0.25, 0.3) is 28.0 Å². The van der Waals surface area contributed by atoms with Gasteiger partial charge in [0.15, 0.2) is 5.65 Å². The van der Waals surface area contributed by atoms with E-state index in [-0.39, 0.29) is 23.7 Å². The fourth-order valence-electron chi connectivity index (χ4n) is 4.09. The number of fused-ring (bicyclic) bond motifs is 1. The van der Waals surface area contributed by atoms with Crippen molar-refractivity contribution in [3.05, 3.63) is 76.5 Å². The highest BCUT2D eigenvalue weighted by atomic mass is 32.1. The van der Waals surface area contributed by atoms with Crippen LogP contribution in [0.5, 0.6) is 0 Å². The lowest BCUT2D eigenvalue weighted by atomic mass is 10.0. The van der Waals surface area contributed by atoms with Gasteiger partial charge in [0.05, 0.1) is 22.8 Å². The quantitative estimate of drug-likeness (QED) is 0.265. The maximum atomic E-state index is 13.3. The third kappa shape index (κ3) is 5.37. The predicted molar refractivity (Wildman–Crippen MR) is 135 cm³/mol. The molecule has 13 heteroatoms. The molecule has 0 radical (unpaired) electrons. The number of halogens is 4. The van der Waals surface area contributed by atoms with Crippen LogP contribution >= 0.6 is 11.3 Å². The van der Waals surface area contributed by atoms with Crippen LogP contribution in [0.2, 0.25) is 0 Å².